The lowest BCUT2D eigenvalue weighted by atomic mass is 10.1. The van der Waals surface area contributed by atoms with Gasteiger partial charge >= 0.3 is 0 Å². The van der Waals surface area contributed by atoms with Crippen molar-refractivity contribution in [2.45, 2.75) is 30.8 Å². The second kappa shape index (κ2) is 6.77. The molecule has 4 heterocycles. The predicted molar refractivity (Wildman–Crippen MR) is 109 cm³/mol. The van der Waals surface area contributed by atoms with Crippen LogP contribution < -0.4 is 4.90 Å². The van der Waals surface area contributed by atoms with Crippen molar-refractivity contribution in [3.63, 3.8) is 0 Å². The van der Waals surface area contributed by atoms with Gasteiger partial charge in [0.2, 0.25) is 5.90 Å². The van der Waals surface area contributed by atoms with Crippen LogP contribution in [0.2, 0.25) is 0 Å². The fourth-order valence-electron chi connectivity index (χ4n) is 3.82. The first-order chi connectivity index (χ1) is 14.0. The molecule has 0 saturated carbocycles. The summed E-state index contributed by atoms with van der Waals surface area (Å²) in [5, 5.41) is 0.977. The standard InChI is InChI=1S/C20H19N5O3S/c1-13-22-17-12-21-9-6-15(17)19(23-13)25-10-7-14(8-11-25)28-20-16-4-2-3-5-18(16)29(26,27)24-20/h2-6,9,12,14H,7-8,10-11H2,1H3. The summed E-state index contributed by atoms with van der Waals surface area (Å²) >= 11 is 0. The molecule has 5 rings (SSSR count). The van der Waals surface area contributed by atoms with Gasteiger partial charge in [-0.2, -0.15) is 8.42 Å². The van der Waals surface area contributed by atoms with Crippen LogP contribution in [0.4, 0.5) is 5.82 Å². The first kappa shape index (κ1) is 18.0. The zero-order chi connectivity index (χ0) is 20.0. The summed E-state index contributed by atoms with van der Waals surface area (Å²) in [5.74, 6) is 1.81. The first-order valence-electron chi connectivity index (χ1n) is 9.45. The van der Waals surface area contributed by atoms with E-state index in [0.717, 1.165) is 42.7 Å². The van der Waals surface area contributed by atoms with Gasteiger partial charge in [-0.25, -0.2) is 9.97 Å². The molecule has 2 aliphatic heterocycles. The summed E-state index contributed by atoms with van der Waals surface area (Å²) in [6.07, 6.45) is 4.89. The number of rotatable bonds is 2. The number of pyridine rings is 1. The highest BCUT2D eigenvalue weighted by Crippen LogP contribution is 2.30. The molecule has 0 atom stereocenters. The van der Waals surface area contributed by atoms with E-state index in [0.29, 0.717) is 11.4 Å². The lowest BCUT2D eigenvalue weighted by molar-refractivity contribution is 0.159. The monoisotopic (exact) mass is 409 g/mol. The summed E-state index contributed by atoms with van der Waals surface area (Å²) in [7, 11) is -3.66. The summed E-state index contributed by atoms with van der Waals surface area (Å²) < 4.78 is 34.3. The lowest BCUT2D eigenvalue weighted by Gasteiger charge is -2.33. The van der Waals surface area contributed by atoms with Gasteiger partial charge in [0.15, 0.2) is 0 Å². The summed E-state index contributed by atoms with van der Waals surface area (Å²) in [5.41, 5.74) is 1.37. The Bertz CT molecular complexity index is 1230. The number of aromatic nitrogens is 3. The van der Waals surface area contributed by atoms with E-state index in [1.165, 1.54) is 0 Å². The van der Waals surface area contributed by atoms with Gasteiger partial charge < -0.3 is 9.64 Å². The maximum absolute atomic E-state index is 12.2. The molecule has 0 spiro atoms. The van der Waals surface area contributed by atoms with Crippen molar-refractivity contribution in [2.75, 3.05) is 18.0 Å². The zero-order valence-electron chi connectivity index (χ0n) is 15.8. The Labute approximate surface area is 168 Å². The number of aryl methyl sites for hydroxylation is 1. The van der Waals surface area contributed by atoms with E-state index < -0.39 is 10.0 Å². The van der Waals surface area contributed by atoms with E-state index in [-0.39, 0.29) is 16.9 Å². The third-order valence-electron chi connectivity index (χ3n) is 5.21. The Balaban J connectivity index is 1.34. The van der Waals surface area contributed by atoms with Crippen LogP contribution in [-0.2, 0) is 14.8 Å². The molecule has 0 bridgehead atoms. The molecule has 1 saturated heterocycles. The Morgan fingerprint density at radius 3 is 2.72 bits per heavy atom. The van der Waals surface area contributed by atoms with E-state index in [1.54, 1.807) is 36.7 Å². The van der Waals surface area contributed by atoms with Crippen LogP contribution in [0.25, 0.3) is 10.9 Å². The van der Waals surface area contributed by atoms with Crippen LogP contribution in [0.5, 0.6) is 0 Å². The van der Waals surface area contributed by atoms with E-state index in [4.69, 9.17) is 4.74 Å². The first-order valence-corrected chi connectivity index (χ1v) is 10.9. The van der Waals surface area contributed by atoms with E-state index in [2.05, 4.69) is 24.2 Å². The quantitative estimate of drug-likeness (QED) is 0.641. The van der Waals surface area contributed by atoms with Crippen molar-refractivity contribution >= 4 is 32.6 Å². The Kier molecular flexibility index (Phi) is 4.20. The van der Waals surface area contributed by atoms with Crippen molar-refractivity contribution in [2.24, 2.45) is 4.40 Å². The molecule has 0 N–H and O–H groups in total. The molecule has 0 aliphatic carbocycles. The van der Waals surface area contributed by atoms with Crippen molar-refractivity contribution in [3.8, 4) is 0 Å². The van der Waals surface area contributed by atoms with Crippen LogP contribution >= 0.6 is 0 Å². The zero-order valence-corrected chi connectivity index (χ0v) is 16.6. The van der Waals surface area contributed by atoms with E-state index >= 15 is 0 Å². The van der Waals surface area contributed by atoms with Gasteiger partial charge in [0.25, 0.3) is 10.0 Å². The molecule has 1 aromatic carbocycles. The molecule has 0 amide bonds. The van der Waals surface area contributed by atoms with Crippen molar-refractivity contribution in [1.82, 2.24) is 15.0 Å². The van der Waals surface area contributed by atoms with E-state index in [9.17, 15) is 8.42 Å². The molecular formula is C20H19N5O3S. The van der Waals surface area contributed by atoms with Crippen molar-refractivity contribution in [1.29, 1.82) is 0 Å². The van der Waals surface area contributed by atoms with Gasteiger partial charge in [0.1, 0.15) is 22.6 Å². The number of nitrogens with zero attached hydrogens (tertiary/aromatic N) is 5. The largest absolute Gasteiger partial charge is 0.473 e. The van der Waals surface area contributed by atoms with Crippen molar-refractivity contribution < 1.29 is 13.2 Å². The molecular weight excluding hydrogens is 390 g/mol. The maximum Gasteiger partial charge on any atom is 0.286 e. The average Bonchev–Trinajstić information content (AvgIpc) is 2.98. The summed E-state index contributed by atoms with van der Waals surface area (Å²) in [6.45, 7) is 3.38. The summed E-state index contributed by atoms with van der Waals surface area (Å²) in [6, 6.07) is 8.71. The van der Waals surface area contributed by atoms with Gasteiger partial charge in [-0.1, -0.05) is 12.1 Å². The molecule has 148 valence electrons. The van der Waals surface area contributed by atoms with Gasteiger partial charge in [-0.15, -0.1) is 4.40 Å². The molecule has 0 radical (unpaired) electrons. The minimum Gasteiger partial charge on any atom is -0.473 e. The number of piperidine rings is 1. The molecule has 9 heteroatoms. The molecule has 2 aromatic heterocycles. The van der Waals surface area contributed by atoms with Gasteiger partial charge in [-0.05, 0) is 25.1 Å². The second-order valence-electron chi connectivity index (χ2n) is 7.16. The summed E-state index contributed by atoms with van der Waals surface area (Å²) in [4.78, 5) is 15.7. The number of hydrogen-bond donors (Lipinski definition) is 0. The third kappa shape index (κ3) is 3.21. The van der Waals surface area contributed by atoms with Crippen LogP contribution in [0.1, 0.15) is 24.2 Å². The molecule has 8 nitrogen and oxygen atoms in total. The lowest BCUT2D eigenvalue weighted by Crippen LogP contribution is -2.38. The Morgan fingerprint density at radius 1 is 1.10 bits per heavy atom. The topological polar surface area (TPSA) is 97.6 Å². The number of sulfonamides is 1. The number of anilines is 1. The fourth-order valence-corrected chi connectivity index (χ4v) is 4.96. The number of ether oxygens (including phenoxy) is 1. The minimum absolute atomic E-state index is 0.0952. The molecule has 1 fully saturated rings. The SMILES string of the molecule is Cc1nc(N2CCC(OC3=NS(=O)(=O)c4ccccc43)CC2)c2ccncc2n1. The van der Waals surface area contributed by atoms with E-state index in [1.807, 2.05) is 13.0 Å². The van der Waals surface area contributed by atoms with Crippen molar-refractivity contribution in [3.05, 3.63) is 54.1 Å². The van der Waals surface area contributed by atoms with Gasteiger partial charge in [-0.3, -0.25) is 4.98 Å². The maximum atomic E-state index is 12.2. The normalized spacial score (nSPS) is 18.5. The van der Waals surface area contributed by atoms with Crippen LogP contribution in [0.15, 0.2) is 52.0 Å². The van der Waals surface area contributed by atoms with Gasteiger partial charge in [0.05, 0.1) is 17.3 Å². The number of fused-ring (bicyclic) bond motifs is 2. The molecule has 29 heavy (non-hydrogen) atoms. The highest BCUT2D eigenvalue weighted by atomic mass is 32.2. The molecule has 3 aromatic rings. The molecule has 2 aliphatic rings. The Morgan fingerprint density at radius 2 is 1.90 bits per heavy atom. The minimum atomic E-state index is -3.66. The second-order valence-corrected chi connectivity index (χ2v) is 8.73. The van der Waals surface area contributed by atoms with Crippen LogP contribution in [0, 0.1) is 6.92 Å². The van der Waals surface area contributed by atoms with Gasteiger partial charge in [0, 0.05) is 37.5 Å². The number of benzene rings is 1. The van der Waals surface area contributed by atoms with Crippen LogP contribution in [0.3, 0.4) is 0 Å². The number of hydrogen-bond acceptors (Lipinski definition) is 7. The fraction of sp³-hybridized carbons (Fsp3) is 0.300. The third-order valence-corrected chi connectivity index (χ3v) is 6.53. The highest BCUT2D eigenvalue weighted by molar-refractivity contribution is 7.90. The predicted octanol–water partition coefficient (Wildman–Crippen LogP) is 2.47. The average molecular weight is 409 g/mol. The molecule has 0 unspecified atom stereocenters. The highest BCUT2D eigenvalue weighted by Gasteiger charge is 2.32. The smallest absolute Gasteiger partial charge is 0.286 e. The van der Waals surface area contributed by atoms with Crippen LogP contribution in [-0.4, -0.2) is 48.5 Å². The Hall–Kier alpha value is -3.07.